The Labute approximate surface area is 125 Å². The van der Waals surface area contributed by atoms with E-state index in [2.05, 4.69) is 27.4 Å². The van der Waals surface area contributed by atoms with Crippen LogP contribution in [0.15, 0.2) is 24.3 Å². The average Bonchev–Trinajstić information content (AvgIpc) is 2.91. The van der Waals surface area contributed by atoms with Crippen LogP contribution in [0.5, 0.6) is 0 Å². The fourth-order valence-electron chi connectivity index (χ4n) is 2.90. The summed E-state index contributed by atoms with van der Waals surface area (Å²) < 4.78 is 26.8. The molecule has 0 saturated carbocycles. The molecule has 0 spiro atoms. The summed E-state index contributed by atoms with van der Waals surface area (Å²) in [6.07, 6.45) is 1.02. The minimum Gasteiger partial charge on any atom is -0.384 e. The molecule has 2 N–H and O–H groups in total. The number of halogens is 2. The summed E-state index contributed by atoms with van der Waals surface area (Å²) in [7, 11) is 0. The Bertz CT molecular complexity index is 872. The lowest BCUT2D eigenvalue weighted by atomic mass is 9.97. The van der Waals surface area contributed by atoms with Gasteiger partial charge in [0.15, 0.2) is 11.6 Å². The van der Waals surface area contributed by atoms with Crippen molar-refractivity contribution in [3.05, 3.63) is 41.6 Å². The number of benzene rings is 1. The van der Waals surface area contributed by atoms with E-state index in [-0.39, 0.29) is 0 Å². The van der Waals surface area contributed by atoms with Crippen LogP contribution in [0.2, 0.25) is 0 Å². The van der Waals surface area contributed by atoms with Crippen LogP contribution in [0.25, 0.3) is 22.3 Å². The van der Waals surface area contributed by atoms with Gasteiger partial charge in [0.25, 0.3) is 0 Å². The van der Waals surface area contributed by atoms with Gasteiger partial charge in [-0.05, 0) is 24.6 Å². The van der Waals surface area contributed by atoms with Crippen molar-refractivity contribution in [2.75, 3.05) is 11.9 Å². The molecular formula is C16H14F2N4. The molecule has 0 radical (unpaired) electrons. The molecule has 0 amide bonds. The summed E-state index contributed by atoms with van der Waals surface area (Å²) >= 11 is 0. The van der Waals surface area contributed by atoms with Crippen molar-refractivity contribution in [2.45, 2.75) is 19.3 Å². The topological polar surface area (TPSA) is 53.6 Å². The summed E-state index contributed by atoms with van der Waals surface area (Å²) in [4.78, 5) is 4.68. The van der Waals surface area contributed by atoms with Crippen molar-refractivity contribution in [1.82, 2.24) is 15.2 Å². The van der Waals surface area contributed by atoms with Crippen LogP contribution in [0.4, 0.5) is 14.5 Å². The molecule has 0 unspecified atom stereocenters. The zero-order valence-electron chi connectivity index (χ0n) is 12.0. The van der Waals surface area contributed by atoms with Gasteiger partial charge >= 0.3 is 0 Å². The Hall–Kier alpha value is -2.50. The van der Waals surface area contributed by atoms with Crippen LogP contribution in [0.3, 0.4) is 0 Å². The van der Waals surface area contributed by atoms with Crippen molar-refractivity contribution in [1.29, 1.82) is 0 Å². The second-order valence-electron chi connectivity index (χ2n) is 5.63. The zero-order chi connectivity index (χ0) is 15.3. The van der Waals surface area contributed by atoms with Crippen molar-refractivity contribution >= 4 is 16.6 Å². The van der Waals surface area contributed by atoms with Gasteiger partial charge in [0, 0.05) is 23.9 Å². The molecular weight excluding hydrogens is 286 g/mol. The molecule has 4 nitrogen and oxygen atoms in total. The van der Waals surface area contributed by atoms with Crippen LogP contribution >= 0.6 is 0 Å². The Balaban J connectivity index is 1.89. The Morgan fingerprint density at radius 2 is 2.00 bits per heavy atom. The van der Waals surface area contributed by atoms with Gasteiger partial charge in [-0.2, -0.15) is 5.10 Å². The fourth-order valence-corrected chi connectivity index (χ4v) is 2.90. The first-order chi connectivity index (χ1) is 10.6. The minimum absolute atomic E-state index is 0.357. The maximum atomic E-state index is 13.5. The van der Waals surface area contributed by atoms with E-state index in [4.69, 9.17) is 0 Å². The molecule has 1 aromatic carbocycles. The summed E-state index contributed by atoms with van der Waals surface area (Å²) in [6.45, 7) is 3.07. The van der Waals surface area contributed by atoms with Crippen LogP contribution in [-0.2, 0) is 0 Å². The largest absolute Gasteiger partial charge is 0.384 e. The van der Waals surface area contributed by atoms with Gasteiger partial charge in [-0.15, -0.1) is 0 Å². The quantitative estimate of drug-likeness (QED) is 0.718. The number of nitrogens with zero attached hydrogens (tertiary/aromatic N) is 2. The predicted octanol–water partition coefficient (Wildman–Crippen LogP) is 3.82. The molecule has 1 atom stereocenters. The van der Waals surface area contributed by atoms with E-state index >= 15 is 0 Å². The normalized spacial score (nSPS) is 17.3. The molecule has 0 bridgehead atoms. The smallest absolute Gasteiger partial charge is 0.160 e. The van der Waals surface area contributed by atoms with Gasteiger partial charge < -0.3 is 5.32 Å². The average molecular weight is 300 g/mol. The van der Waals surface area contributed by atoms with Crippen LogP contribution in [0, 0.1) is 11.6 Å². The van der Waals surface area contributed by atoms with E-state index in [1.54, 1.807) is 0 Å². The van der Waals surface area contributed by atoms with Crippen molar-refractivity contribution in [2.24, 2.45) is 0 Å². The fraction of sp³-hybridized carbons (Fsp3) is 0.250. The van der Waals surface area contributed by atoms with Crippen molar-refractivity contribution in [3.8, 4) is 11.4 Å². The van der Waals surface area contributed by atoms with E-state index in [0.717, 1.165) is 36.5 Å². The summed E-state index contributed by atoms with van der Waals surface area (Å²) in [5.41, 5.74) is 3.67. The second-order valence-corrected chi connectivity index (χ2v) is 5.63. The molecule has 22 heavy (non-hydrogen) atoms. The van der Waals surface area contributed by atoms with E-state index in [0.29, 0.717) is 28.2 Å². The van der Waals surface area contributed by atoms with Gasteiger partial charge in [-0.25, -0.2) is 13.8 Å². The molecule has 112 valence electrons. The van der Waals surface area contributed by atoms with Gasteiger partial charge in [0.2, 0.25) is 0 Å². The third kappa shape index (κ3) is 1.94. The minimum atomic E-state index is -0.890. The second kappa shape index (κ2) is 4.76. The maximum Gasteiger partial charge on any atom is 0.160 e. The van der Waals surface area contributed by atoms with Gasteiger partial charge in [0.1, 0.15) is 5.69 Å². The molecule has 4 rings (SSSR count). The van der Waals surface area contributed by atoms with Crippen LogP contribution in [-0.4, -0.2) is 21.7 Å². The summed E-state index contributed by atoms with van der Waals surface area (Å²) in [5, 5.41) is 10.8. The number of nitrogens with one attached hydrogen (secondary N) is 2. The Morgan fingerprint density at radius 1 is 1.18 bits per heavy atom. The standard InChI is InChI=1S/C16H14F2N4/c1-8-4-5-19-12-2-3-13(20-15(8)12)16-9-6-10(17)11(18)7-14(9)21-22-16/h2-3,6-8,19H,4-5H2,1H3,(H,21,22)/t8-/m1/s1. The van der Waals surface area contributed by atoms with E-state index < -0.39 is 11.6 Å². The molecule has 0 saturated heterocycles. The molecule has 0 fully saturated rings. The molecule has 3 aromatic rings. The molecule has 6 heteroatoms. The number of H-pyrrole nitrogens is 1. The highest BCUT2D eigenvalue weighted by Gasteiger charge is 2.20. The first-order valence-electron chi connectivity index (χ1n) is 7.22. The Kier molecular flexibility index (Phi) is 2.85. The molecule has 0 aliphatic carbocycles. The summed E-state index contributed by atoms with van der Waals surface area (Å²) in [6, 6.07) is 6.09. The molecule has 1 aliphatic rings. The monoisotopic (exact) mass is 300 g/mol. The van der Waals surface area contributed by atoms with E-state index in [1.165, 1.54) is 0 Å². The molecule has 2 aromatic heterocycles. The van der Waals surface area contributed by atoms with Gasteiger partial charge in [0.05, 0.1) is 22.6 Å². The van der Waals surface area contributed by atoms with E-state index in [9.17, 15) is 8.78 Å². The maximum absolute atomic E-state index is 13.5. The number of anilines is 1. The number of aromatic nitrogens is 3. The third-order valence-electron chi connectivity index (χ3n) is 4.13. The highest BCUT2D eigenvalue weighted by Crippen LogP contribution is 2.33. The first-order valence-corrected chi connectivity index (χ1v) is 7.22. The van der Waals surface area contributed by atoms with Crippen LogP contribution in [0.1, 0.15) is 25.0 Å². The highest BCUT2D eigenvalue weighted by molar-refractivity contribution is 5.92. The van der Waals surface area contributed by atoms with Gasteiger partial charge in [-0.3, -0.25) is 5.10 Å². The zero-order valence-corrected chi connectivity index (χ0v) is 12.0. The van der Waals surface area contributed by atoms with Crippen molar-refractivity contribution < 1.29 is 8.78 Å². The van der Waals surface area contributed by atoms with Gasteiger partial charge in [-0.1, -0.05) is 6.92 Å². The number of aromatic amines is 1. The first kappa shape index (κ1) is 13.2. The molecule has 3 heterocycles. The number of pyridine rings is 1. The third-order valence-corrected chi connectivity index (χ3v) is 4.13. The number of hydrogen-bond acceptors (Lipinski definition) is 3. The number of hydrogen-bond donors (Lipinski definition) is 2. The summed E-state index contributed by atoms with van der Waals surface area (Å²) in [5.74, 6) is -1.42. The number of rotatable bonds is 1. The predicted molar refractivity (Wildman–Crippen MR) is 80.8 cm³/mol. The Morgan fingerprint density at radius 3 is 2.86 bits per heavy atom. The van der Waals surface area contributed by atoms with E-state index in [1.807, 2.05) is 12.1 Å². The SMILES string of the molecule is C[C@@H]1CCNc2ccc(-c3n[nH]c4cc(F)c(F)cc34)nc21. The highest BCUT2D eigenvalue weighted by atomic mass is 19.2. The van der Waals surface area contributed by atoms with Crippen molar-refractivity contribution in [3.63, 3.8) is 0 Å². The van der Waals surface area contributed by atoms with Crippen LogP contribution < -0.4 is 5.32 Å². The lowest BCUT2D eigenvalue weighted by molar-refractivity contribution is 0.511. The lowest BCUT2D eigenvalue weighted by Crippen LogP contribution is -2.16. The number of fused-ring (bicyclic) bond motifs is 2. The lowest BCUT2D eigenvalue weighted by Gasteiger charge is -2.23. The molecule has 1 aliphatic heterocycles.